The van der Waals surface area contributed by atoms with E-state index in [4.69, 9.17) is 4.74 Å². The van der Waals surface area contributed by atoms with E-state index in [0.717, 1.165) is 12.1 Å². The van der Waals surface area contributed by atoms with Crippen LogP contribution in [-0.4, -0.2) is 22.1 Å². The average molecular weight is 341 g/mol. The molecule has 0 aliphatic rings. The molecule has 2 rings (SSSR count). The summed E-state index contributed by atoms with van der Waals surface area (Å²) in [6.45, 7) is 4.95. The van der Waals surface area contributed by atoms with Crippen LogP contribution in [0.15, 0.2) is 48.8 Å². The molecule has 0 saturated carbocycles. The Labute approximate surface area is 137 Å². The normalized spacial score (nSPS) is 14.8. The van der Waals surface area contributed by atoms with Crippen LogP contribution in [0.25, 0.3) is 0 Å². The van der Waals surface area contributed by atoms with E-state index < -0.39 is 17.6 Å². The van der Waals surface area contributed by atoms with Crippen molar-refractivity contribution in [3.8, 4) is 11.5 Å². The third kappa shape index (κ3) is 4.17. The largest absolute Gasteiger partial charge is 0.573 e. The molecule has 24 heavy (non-hydrogen) atoms. The molecule has 2 aromatic rings. The summed E-state index contributed by atoms with van der Waals surface area (Å²) in [5.41, 5.74) is -1.88. The van der Waals surface area contributed by atoms with Gasteiger partial charge in [0.2, 0.25) is 0 Å². The molecule has 0 aliphatic carbocycles. The number of rotatable bonds is 5. The van der Waals surface area contributed by atoms with Gasteiger partial charge in [0, 0.05) is 18.0 Å². The summed E-state index contributed by atoms with van der Waals surface area (Å²) >= 11 is 0. The van der Waals surface area contributed by atoms with Gasteiger partial charge < -0.3 is 14.6 Å². The maximum absolute atomic E-state index is 12.2. The van der Waals surface area contributed by atoms with E-state index in [2.05, 4.69) is 9.72 Å². The van der Waals surface area contributed by atoms with Crippen molar-refractivity contribution >= 4 is 0 Å². The van der Waals surface area contributed by atoms with E-state index in [9.17, 15) is 18.3 Å². The molecule has 0 amide bonds. The molecule has 1 unspecified atom stereocenters. The minimum Gasteiger partial charge on any atom is -0.484 e. The minimum absolute atomic E-state index is 0.304. The van der Waals surface area contributed by atoms with E-state index >= 15 is 0 Å². The molecule has 0 radical (unpaired) electrons. The van der Waals surface area contributed by atoms with Crippen LogP contribution >= 0.6 is 0 Å². The van der Waals surface area contributed by atoms with Gasteiger partial charge in [-0.05, 0) is 51.1 Å². The Balaban J connectivity index is 2.17. The zero-order chi connectivity index (χ0) is 18.0. The molecule has 1 heterocycles. The van der Waals surface area contributed by atoms with Gasteiger partial charge in [0.15, 0.2) is 0 Å². The lowest BCUT2D eigenvalue weighted by atomic mass is 9.82. The predicted octanol–water partition coefficient (Wildman–Crippen LogP) is 4.05. The van der Waals surface area contributed by atoms with Crippen LogP contribution in [0, 0.1) is 0 Å². The lowest BCUT2D eigenvalue weighted by Gasteiger charge is -2.40. The zero-order valence-electron chi connectivity index (χ0n) is 13.5. The first-order chi connectivity index (χ1) is 11.0. The van der Waals surface area contributed by atoms with Crippen molar-refractivity contribution in [3.63, 3.8) is 0 Å². The van der Waals surface area contributed by atoms with Crippen LogP contribution in [0.2, 0.25) is 0 Å². The monoisotopic (exact) mass is 341 g/mol. The fraction of sp³-hybridized carbons (Fsp3) is 0.353. The molecule has 0 fully saturated rings. The summed E-state index contributed by atoms with van der Waals surface area (Å²) in [7, 11) is 0. The highest BCUT2D eigenvalue weighted by atomic mass is 19.4. The van der Waals surface area contributed by atoms with Crippen molar-refractivity contribution in [2.75, 3.05) is 0 Å². The summed E-state index contributed by atoms with van der Waals surface area (Å²) in [6.07, 6.45) is -1.62. The third-order valence-corrected chi connectivity index (χ3v) is 3.83. The number of halogens is 3. The maximum Gasteiger partial charge on any atom is 0.573 e. The highest BCUT2D eigenvalue weighted by Crippen LogP contribution is 2.36. The summed E-state index contributed by atoms with van der Waals surface area (Å²) in [5.74, 6) is -0.0367. The van der Waals surface area contributed by atoms with Gasteiger partial charge in [-0.2, -0.15) is 0 Å². The Morgan fingerprint density at radius 1 is 0.917 bits per heavy atom. The number of alkyl halides is 3. The first kappa shape index (κ1) is 18.1. The number of benzene rings is 1. The van der Waals surface area contributed by atoms with Gasteiger partial charge in [-0.3, -0.25) is 4.98 Å². The average Bonchev–Trinajstić information content (AvgIpc) is 2.48. The van der Waals surface area contributed by atoms with Gasteiger partial charge in [0.1, 0.15) is 22.7 Å². The molecule has 130 valence electrons. The molecule has 0 bridgehead atoms. The molecule has 0 saturated heterocycles. The van der Waals surface area contributed by atoms with E-state index in [1.54, 1.807) is 39.1 Å². The fourth-order valence-corrected chi connectivity index (χ4v) is 2.10. The summed E-state index contributed by atoms with van der Waals surface area (Å²) < 4.78 is 46.1. The molecule has 7 heteroatoms. The Morgan fingerprint density at radius 2 is 1.46 bits per heavy atom. The summed E-state index contributed by atoms with van der Waals surface area (Å²) in [4.78, 5) is 3.98. The SMILES string of the molecule is CC(C)(Oc1ccc(OC(F)(F)F)cc1)C(C)(O)c1cccnc1. The van der Waals surface area contributed by atoms with E-state index in [-0.39, 0.29) is 5.75 Å². The van der Waals surface area contributed by atoms with Gasteiger partial charge in [0.25, 0.3) is 0 Å². The van der Waals surface area contributed by atoms with Gasteiger partial charge in [-0.25, -0.2) is 0 Å². The van der Waals surface area contributed by atoms with Crippen LogP contribution in [0.4, 0.5) is 13.2 Å². The molecule has 0 aliphatic heterocycles. The molecular weight excluding hydrogens is 323 g/mol. The topological polar surface area (TPSA) is 51.6 Å². The number of pyridine rings is 1. The molecule has 0 spiro atoms. The molecule has 1 aromatic carbocycles. The van der Waals surface area contributed by atoms with Crippen LogP contribution in [0.5, 0.6) is 11.5 Å². The lowest BCUT2D eigenvalue weighted by molar-refractivity contribution is -0.274. The minimum atomic E-state index is -4.74. The quantitative estimate of drug-likeness (QED) is 0.892. The third-order valence-electron chi connectivity index (χ3n) is 3.83. The highest BCUT2D eigenvalue weighted by molar-refractivity contribution is 5.32. The Hall–Kier alpha value is -2.28. The standard InChI is InChI=1S/C17H18F3NO3/c1-15(2,16(3,22)12-5-4-10-21-11-12)23-13-6-8-14(9-7-13)24-17(18,19)20/h4-11,22H,1-3H3. The van der Waals surface area contributed by atoms with Crippen LogP contribution < -0.4 is 9.47 Å². The number of ether oxygens (including phenoxy) is 2. The van der Waals surface area contributed by atoms with Crippen molar-refractivity contribution in [2.24, 2.45) is 0 Å². The van der Waals surface area contributed by atoms with E-state index in [1.165, 1.54) is 18.3 Å². The maximum atomic E-state index is 12.2. The van der Waals surface area contributed by atoms with E-state index in [1.807, 2.05) is 0 Å². The number of aromatic nitrogens is 1. The van der Waals surface area contributed by atoms with Crippen molar-refractivity contribution in [3.05, 3.63) is 54.4 Å². The van der Waals surface area contributed by atoms with Crippen LogP contribution in [0.3, 0.4) is 0 Å². The van der Waals surface area contributed by atoms with E-state index in [0.29, 0.717) is 11.3 Å². The van der Waals surface area contributed by atoms with Crippen LogP contribution in [-0.2, 0) is 5.60 Å². The number of hydrogen-bond acceptors (Lipinski definition) is 4. The molecule has 1 N–H and O–H groups in total. The first-order valence-corrected chi connectivity index (χ1v) is 7.19. The van der Waals surface area contributed by atoms with Crippen molar-refractivity contribution in [2.45, 2.75) is 38.3 Å². The second-order valence-corrected chi connectivity index (χ2v) is 5.95. The number of nitrogens with zero attached hydrogens (tertiary/aromatic N) is 1. The fourth-order valence-electron chi connectivity index (χ4n) is 2.10. The second-order valence-electron chi connectivity index (χ2n) is 5.95. The Morgan fingerprint density at radius 3 is 1.92 bits per heavy atom. The number of aliphatic hydroxyl groups is 1. The van der Waals surface area contributed by atoms with Gasteiger partial charge in [-0.1, -0.05) is 6.07 Å². The van der Waals surface area contributed by atoms with Crippen molar-refractivity contribution in [1.29, 1.82) is 0 Å². The molecule has 1 atom stereocenters. The van der Waals surface area contributed by atoms with Crippen molar-refractivity contribution < 1.29 is 27.8 Å². The molecule has 4 nitrogen and oxygen atoms in total. The second kappa shape index (κ2) is 6.32. The summed E-state index contributed by atoms with van der Waals surface area (Å²) in [5, 5.41) is 10.8. The lowest BCUT2D eigenvalue weighted by Crippen LogP contribution is -2.49. The molecule has 1 aromatic heterocycles. The van der Waals surface area contributed by atoms with Crippen LogP contribution in [0.1, 0.15) is 26.3 Å². The van der Waals surface area contributed by atoms with Gasteiger partial charge >= 0.3 is 6.36 Å². The van der Waals surface area contributed by atoms with Gasteiger partial charge in [0.05, 0.1) is 0 Å². The van der Waals surface area contributed by atoms with Gasteiger partial charge in [-0.15, -0.1) is 13.2 Å². The smallest absolute Gasteiger partial charge is 0.484 e. The number of hydrogen-bond donors (Lipinski definition) is 1. The summed E-state index contributed by atoms with van der Waals surface area (Å²) in [6, 6.07) is 8.42. The predicted molar refractivity (Wildman–Crippen MR) is 81.6 cm³/mol. The molecular formula is C17H18F3NO3. The van der Waals surface area contributed by atoms with Crippen molar-refractivity contribution in [1.82, 2.24) is 4.98 Å². The first-order valence-electron chi connectivity index (χ1n) is 7.19. The Bertz CT molecular complexity index is 668. The zero-order valence-corrected chi connectivity index (χ0v) is 13.5. The Kier molecular flexibility index (Phi) is 4.75. The highest BCUT2D eigenvalue weighted by Gasteiger charge is 2.43.